The molecule has 0 unspecified atom stereocenters. The number of anilines is 2. The zero-order valence-electron chi connectivity index (χ0n) is 10.4. The lowest BCUT2D eigenvalue weighted by Crippen LogP contribution is -2.13. The summed E-state index contributed by atoms with van der Waals surface area (Å²) in [5, 5.41) is 7.35. The predicted octanol–water partition coefficient (Wildman–Crippen LogP) is 1.84. The Labute approximate surface area is 106 Å². The quantitative estimate of drug-likeness (QED) is 0.634. The van der Waals surface area contributed by atoms with E-state index >= 15 is 0 Å². The van der Waals surface area contributed by atoms with Crippen LogP contribution in [0.25, 0.3) is 0 Å². The van der Waals surface area contributed by atoms with Crippen molar-refractivity contribution >= 4 is 17.3 Å². The summed E-state index contributed by atoms with van der Waals surface area (Å²) in [6.45, 7) is 1.86. The van der Waals surface area contributed by atoms with Gasteiger partial charge in [-0.05, 0) is 37.3 Å². The molecule has 0 spiro atoms. The van der Waals surface area contributed by atoms with Crippen LogP contribution in [0, 0.1) is 12.3 Å². The molecule has 0 saturated heterocycles. The summed E-state index contributed by atoms with van der Waals surface area (Å²) in [6.07, 6.45) is 1.73. The minimum Gasteiger partial charge on any atom is -0.384 e. The molecule has 2 aromatic rings. The first-order valence-electron chi connectivity index (χ1n) is 5.56. The molecule has 0 radical (unpaired) electrons. The highest BCUT2D eigenvalue weighted by molar-refractivity contribution is 5.95. The van der Waals surface area contributed by atoms with E-state index in [9.17, 15) is 0 Å². The van der Waals surface area contributed by atoms with Crippen LogP contribution in [0.15, 0.2) is 36.5 Å². The van der Waals surface area contributed by atoms with Gasteiger partial charge in [0, 0.05) is 24.5 Å². The van der Waals surface area contributed by atoms with Crippen molar-refractivity contribution in [3.05, 3.63) is 47.9 Å². The van der Waals surface area contributed by atoms with Crippen molar-refractivity contribution in [2.24, 2.45) is 5.73 Å². The highest BCUT2D eigenvalue weighted by Crippen LogP contribution is 2.21. The second-order valence-electron chi connectivity index (χ2n) is 3.98. The summed E-state index contributed by atoms with van der Waals surface area (Å²) < 4.78 is 0. The van der Waals surface area contributed by atoms with Crippen LogP contribution in [0.1, 0.15) is 11.4 Å². The normalized spacial score (nSPS) is 10.1. The first kappa shape index (κ1) is 12.0. The fourth-order valence-electron chi connectivity index (χ4n) is 1.63. The van der Waals surface area contributed by atoms with Crippen LogP contribution in [0.4, 0.5) is 11.5 Å². The standard InChI is InChI=1S/C13H15N5/c1-9-16-8-7-12(17-9)18(2)11-5-3-10(4-6-11)13(14)15/h3-8H,1-2H3,(H3,14,15). The Balaban J connectivity index is 2.28. The summed E-state index contributed by atoms with van der Waals surface area (Å²) in [7, 11) is 1.94. The second kappa shape index (κ2) is 4.83. The van der Waals surface area contributed by atoms with E-state index in [0.717, 1.165) is 17.3 Å². The van der Waals surface area contributed by atoms with Crippen LogP contribution in [0.5, 0.6) is 0 Å². The van der Waals surface area contributed by atoms with E-state index in [2.05, 4.69) is 9.97 Å². The molecule has 1 heterocycles. The van der Waals surface area contributed by atoms with Crippen LogP contribution in [0.3, 0.4) is 0 Å². The Bertz CT molecular complexity index is 562. The van der Waals surface area contributed by atoms with Gasteiger partial charge < -0.3 is 10.6 Å². The van der Waals surface area contributed by atoms with Crippen molar-refractivity contribution < 1.29 is 0 Å². The van der Waals surface area contributed by atoms with Crippen LogP contribution >= 0.6 is 0 Å². The Morgan fingerprint density at radius 3 is 2.44 bits per heavy atom. The fourth-order valence-corrected chi connectivity index (χ4v) is 1.63. The maximum absolute atomic E-state index is 7.35. The molecule has 0 atom stereocenters. The number of nitrogens with two attached hydrogens (primary N) is 1. The van der Waals surface area contributed by atoms with Gasteiger partial charge in [-0.2, -0.15) is 0 Å². The molecule has 1 aromatic carbocycles. The van der Waals surface area contributed by atoms with Gasteiger partial charge in [0.15, 0.2) is 0 Å². The first-order chi connectivity index (χ1) is 8.58. The minimum atomic E-state index is 0.0714. The van der Waals surface area contributed by atoms with E-state index in [1.165, 1.54) is 0 Å². The largest absolute Gasteiger partial charge is 0.384 e. The molecule has 1 aromatic heterocycles. The van der Waals surface area contributed by atoms with Crippen molar-refractivity contribution in [3.63, 3.8) is 0 Å². The summed E-state index contributed by atoms with van der Waals surface area (Å²) in [6, 6.07) is 9.32. The highest BCUT2D eigenvalue weighted by Gasteiger charge is 2.06. The van der Waals surface area contributed by atoms with Crippen LogP contribution in [-0.2, 0) is 0 Å². The van der Waals surface area contributed by atoms with Gasteiger partial charge in [-0.15, -0.1) is 0 Å². The third kappa shape index (κ3) is 2.45. The number of hydrogen-bond acceptors (Lipinski definition) is 4. The molecule has 0 saturated carbocycles. The molecule has 92 valence electrons. The molecule has 2 rings (SSSR count). The summed E-state index contributed by atoms with van der Waals surface area (Å²) in [4.78, 5) is 10.4. The fraction of sp³-hybridized carbons (Fsp3) is 0.154. The molecule has 0 fully saturated rings. The lowest BCUT2D eigenvalue weighted by Gasteiger charge is -2.18. The zero-order chi connectivity index (χ0) is 13.1. The first-order valence-corrected chi connectivity index (χ1v) is 5.56. The van der Waals surface area contributed by atoms with Gasteiger partial charge in [-0.25, -0.2) is 9.97 Å². The number of benzene rings is 1. The van der Waals surface area contributed by atoms with E-state index < -0.39 is 0 Å². The number of amidine groups is 1. The average molecular weight is 241 g/mol. The molecule has 0 amide bonds. The van der Waals surface area contributed by atoms with Gasteiger partial charge in [0.2, 0.25) is 0 Å². The smallest absolute Gasteiger partial charge is 0.136 e. The van der Waals surface area contributed by atoms with Gasteiger partial charge >= 0.3 is 0 Å². The number of nitrogens with zero attached hydrogens (tertiary/aromatic N) is 3. The Kier molecular flexibility index (Phi) is 3.23. The molecular weight excluding hydrogens is 226 g/mol. The molecule has 5 heteroatoms. The Morgan fingerprint density at radius 1 is 1.22 bits per heavy atom. The third-order valence-electron chi connectivity index (χ3n) is 2.67. The summed E-state index contributed by atoms with van der Waals surface area (Å²) in [5.41, 5.74) is 7.12. The lowest BCUT2D eigenvalue weighted by molar-refractivity contribution is 1.01. The molecular formula is C13H15N5. The lowest BCUT2D eigenvalue weighted by atomic mass is 10.2. The van der Waals surface area contributed by atoms with Gasteiger partial charge in [-0.3, -0.25) is 5.41 Å². The van der Waals surface area contributed by atoms with Crippen LogP contribution in [-0.4, -0.2) is 22.9 Å². The Hall–Kier alpha value is -2.43. The molecule has 3 N–H and O–H groups in total. The van der Waals surface area contributed by atoms with Crippen LogP contribution in [0.2, 0.25) is 0 Å². The van der Waals surface area contributed by atoms with Crippen molar-refractivity contribution in [1.82, 2.24) is 9.97 Å². The van der Waals surface area contributed by atoms with Gasteiger partial charge in [0.25, 0.3) is 0 Å². The topological polar surface area (TPSA) is 78.9 Å². The number of aromatic nitrogens is 2. The van der Waals surface area contributed by atoms with Gasteiger partial charge in [0.05, 0.1) is 0 Å². The molecule has 18 heavy (non-hydrogen) atoms. The average Bonchev–Trinajstić information content (AvgIpc) is 2.38. The van der Waals surface area contributed by atoms with Crippen LogP contribution < -0.4 is 10.6 Å². The molecule has 5 nitrogen and oxygen atoms in total. The second-order valence-corrected chi connectivity index (χ2v) is 3.98. The maximum atomic E-state index is 7.35. The number of nitrogen functional groups attached to an aromatic ring is 1. The van der Waals surface area contributed by atoms with Crippen molar-refractivity contribution in [1.29, 1.82) is 5.41 Å². The van der Waals surface area contributed by atoms with E-state index in [1.807, 2.05) is 49.2 Å². The van der Waals surface area contributed by atoms with E-state index in [4.69, 9.17) is 11.1 Å². The molecule has 0 aliphatic rings. The number of rotatable bonds is 3. The third-order valence-corrected chi connectivity index (χ3v) is 2.67. The SMILES string of the molecule is Cc1nccc(N(C)c2ccc(C(=N)N)cc2)n1. The van der Waals surface area contributed by atoms with Crippen molar-refractivity contribution in [2.45, 2.75) is 6.92 Å². The highest BCUT2D eigenvalue weighted by atomic mass is 15.2. The minimum absolute atomic E-state index is 0.0714. The maximum Gasteiger partial charge on any atom is 0.136 e. The number of nitrogens with one attached hydrogen (secondary N) is 1. The summed E-state index contributed by atoms with van der Waals surface area (Å²) >= 11 is 0. The van der Waals surface area contributed by atoms with E-state index in [1.54, 1.807) is 6.20 Å². The molecule has 0 aliphatic carbocycles. The Morgan fingerprint density at radius 2 is 1.89 bits per heavy atom. The molecule has 0 aliphatic heterocycles. The van der Waals surface area contributed by atoms with Crippen molar-refractivity contribution in [3.8, 4) is 0 Å². The van der Waals surface area contributed by atoms with E-state index in [-0.39, 0.29) is 5.84 Å². The van der Waals surface area contributed by atoms with Gasteiger partial charge in [0.1, 0.15) is 17.5 Å². The summed E-state index contributed by atoms with van der Waals surface area (Å²) in [5.74, 6) is 1.64. The number of hydrogen-bond donors (Lipinski definition) is 2. The zero-order valence-corrected chi connectivity index (χ0v) is 10.4. The van der Waals surface area contributed by atoms with Gasteiger partial charge in [-0.1, -0.05) is 0 Å². The number of aryl methyl sites for hydroxylation is 1. The predicted molar refractivity (Wildman–Crippen MR) is 72.3 cm³/mol. The monoisotopic (exact) mass is 241 g/mol. The van der Waals surface area contributed by atoms with E-state index in [0.29, 0.717) is 5.56 Å². The van der Waals surface area contributed by atoms with Crippen molar-refractivity contribution in [2.75, 3.05) is 11.9 Å². The molecule has 0 bridgehead atoms.